The average molecular weight is 370 g/mol. The molecule has 0 unspecified atom stereocenters. The summed E-state index contributed by atoms with van der Waals surface area (Å²) < 4.78 is 5.69. The Morgan fingerprint density at radius 1 is 1.07 bits per heavy atom. The first kappa shape index (κ1) is 19.2. The lowest BCUT2D eigenvalue weighted by Gasteiger charge is -2.10. The molecule has 1 amide bonds. The predicted molar refractivity (Wildman–Crippen MR) is 113 cm³/mol. The van der Waals surface area contributed by atoms with Gasteiger partial charge in [-0.25, -0.2) is 0 Å². The quantitative estimate of drug-likeness (QED) is 0.483. The minimum absolute atomic E-state index is 0.0486. The molecular weight excluding hydrogens is 348 g/mol. The van der Waals surface area contributed by atoms with E-state index in [1.807, 2.05) is 81.4 Å². The molecule has 0 heterocycles. The van der Waals surface area contributed by atoms with Gasteiger partial charge < -0.3 is 10.1 Å². The van der Waals surface area contributed by atoms with Crippen molar-refractivity contribution in [2.45, 2.75) is 20.8 Å². The van der Waals surface area contributed by atoms with Crippen LogP contribution in [0.2, 0.25) is 0 Å². The molecule has 1 N–H and O–H groups in total. The van der Waals surface area contributed by atoms with E-state index in [1.54, 1.807) is 6.08 Å². The monoisotopic (exact) mass is 370 g/mol. The summed E-state index contributed by atoms with van der Waals surface area (Å²) in [5, 5.41) is 14.2. The first-order chi connectivity index (χ1) is 13.5. The molecule has 0 atom stereocenters. The van der Waals surface area contributed by atoms with Gasteiger partial charge in [-0.05, 0) is 67.1 Å². The molecule has 3 aromatic rings. The van der Waals surface area contributed by atoms with Gasteiger partial charge in [0.05, 0.1) is 6.61 Å². The Kier molecular flexibility index (Phi) is 5.76. The molecule has 4 nitrogen and oxygen atoms in total. The number of nitrogens with zero attached hydrogens (tertiary/aromatic N) is 1. The largest absolute Gasteiger partial charge is 0.493 e. The summed E-state index contributed by atoms with van der Waals surface area (Å²) in [6, 6.07) is 19.2. The normalized spacial score (nSPS) is 11.1. The fraction of sp³-hybridized carbons (Fsp3) is 0.167. The van der Waals surface area contributed by atoms with Crippen molar-refractivity contribution in [3.8, 4) is 11.8 Å². The van der Waals surface area contributed by atoms with Crippen LogP contribution in [0, 0.1) is 25.2 Å². The molecule has 0 saturated heterocycles. The number of carbonyl (C=O) groups is 1. The Hall–Kier alpha value is -3.58. The van der Waals surface area contributed by atoms with Crippen LogP contribution in [0.15, 0.2) is 60.2 Å². The van der Waals surface area contributed by atoms with Gasteiger partial charge in [-0.3, -0.25) is 4.79 Å². The van der Waals surface area contributed by atoms with Gasteiger partial charge in [0, 0.05) is 11.1 Å². The zero-order valence-electron chi connectivity index (χ0n) is 16.2. The number of ether oxygens (including phenoxy) is 1. The van der Waals surface area contributed by atoms with Crippen LogP contribution in [-0.2, 0) is 4.79 Å². The topological polar surface area (TPSA) is 62.1 Å². The highest BCUT2D eigenvalue weighted by Gasteiger charge is 2.12. The van der Waals surface area contributed by atoms with E-state index in [-0.39, 0.29) is 5.57 Å². The van der Waals surface area contributed by atoms with E-state index in [9.17, 15) is 10.1 Å². The van der Waals surface area contributed by atoms with Crippen LogP contribution in [0.25, 0.3) is 16.8 Å². The first-order valence-electron chi connectivity index (χ1n) is 9.18. The summed E-state index contributed by atoms with van der Waals surface area (Å²) in [4.78, 5) is 12.6. The second-order valence-electron chi connectivity index (χ2n) is 6.55. The maximum Gasteiger partial charge on any atom is 0.266 e. The number of aryl methyl sites for hydroxylation is 2. The van der Waals surface area contributed by atoms with Crippen molar-refractivity contribution in [2.24, 2.45) is 0 Å². The number of rotatable bonds is 5. The van der Waals surface area contributed by atoms with Crippen LogP contribution in [0.5, 0.6) is 5.75 Å². The number of fused-ring (bicyclic) bond motifs is 1. The standard InChI is InChI=1S/C24H22N2O2/c1-4-28-23-12-10-18(21-7-5-6-8-22(21)23)14-19(15-25)24(27)26-20-11-9-16(2)17(3)13-20/h5-14H,4H2,1-3H3,(H,26,27)/b19-14+. The SMILES string of the molecule is CCOc1ccc(/C=C(\C#N)C(=O)Nc2ccc(C)c(C)c2)c2ccccc12. The molecule has 0 aliphatic rings. The van der Waals surface area contributed by atoms with Crippen LogP contribution < -0.4 is 10.1 Å². The van der Waals surface area contributed by atoms with Crippen LogP contribution in [0.4, 0.5) is 5.69 Å². The van der Waals surface area contributed by atoms with Crippen molar-refractivity contribution in [1.82, 2.24) is 0 Å². The molecule has 140 valence electrons. The molecule has 0 bridgehead atoms. The zero-order valence-corrected chi connectivity index (χ0v) is 16.2. The minimum atomic E-state index is -0.427. The second-order valence-corrected chi connectivity index (χ2v) is 6.55. The van der Waals surface area contributed by atoms with Crippen molar-refractivity contribution >= 4 is 28.4 Å². The van der Waals surface area contributed by atoms with Crippen LogP contribution >= 0.6 is 0 Å². The van der Waals surface area contributed by atoms with Gasteiger partial charge in [0.15, 0.2) is 0 Å². The third-order valence-corrected chi connectivity index (χ3v) is 4.65. The summed E-state index contributed by atoms with van der Waals surface area (Å²) in [5.74, 6) is 0.358. The van der Waals surface area contributed by atoms with Gasteiger partial charge >= 0.3 is 0 Å². The summed E-state index contributed by atoms with van der Waals surface area (Å²) >= 11 is 0. The summed E-state index contributed by atoms with van der Waals surface area (Å²) in [6.45, 7) is 6.51. The van der Waals surface area contributed by atoms with Crippen molar-refractivity contribution in [3.05, 3.63) is 76.9 Å². The van der Waals surface area contributed by atoms with E-state index in [4.69, 9.17) is 4.74 Å². The van der Waals surface area contributed by atoms with Crippen molar-refractivity contribution in [3.63, 3.8) is 0 Å². The van der Waals surface area contributed by atoms with Crippen molar-refractivity contribution in [1.29, 1.82) is 5.26 Å². The van der Waals surface area contributed by atoms with Gasteiger partial charge in [-0.2, -0.15) is 5.26 Å². The molecular formula is C24H22N2O2. The average Bonchev–Trinajstić information content (AvgIpc) is 2.70. The minimum Gasteiger partial charge on any atom is -0.493 e. The Morgan fingerprint density at radius 3 is 2.50 bits per heavy atom. The molecule has 0 fully saturated rings. The molecule has 0 radical (unpaired) electrons. The molecule has 0 aromatic heterocycles. The van der Waals surface area contributed by atoms with E-state index in [1.165, 1.54) is 0 Å². The first-order valence-corrected chi connectivity index (χ1v) is 9.18. The number of anilines is 1. The Bertz CT molecular complexity index is 1110. The zero-order chi connectivity index (χ0) is 20.1. The lowest BCUT2D eigenvalue weighted by atomic mass is 10.0. The Balaban J connectivity index is 1.96. The number of nitrogens with one attached hydrogen (secondary N) is 1. The smallest absolute Gasteiger partial charge is 0.266 e. The molecule has 28 heavy (non-hydrogen) atoms. The molecule has 4 heteroatoms. The van der Waals surface area contributed by atoms with E-state index in [0.717, 1.165) is 33.2 Å². The number of amides is 1. The summed E-state index contributed by atoms with van der Waals surface area (Å²) in [7, 11) is 0. The van der Waals surface area contributed by atoms with Gasteiger partial charge in [0.2, 0.25) is 0 Å². The number of hydrogen-bond acceptors (Lipinski definition) is 3. The van der Waals surface area contributed by atoms with Crippen LogP contribution in [-0.4, -0.2) is 12.5 Å². The van der Waals surface area contributed by atoms with Gasteiger partial charge in [0.25, 0.3) is 5.91 Å². The van der Waals surface area contributed by atoms with E-state index in [0.29, 0.717) is 12.3 Å². The molecule has 0 aliphatic heterocycles. The maximum atomic E-state index is 12.6. The Morgan fingerprint density at radius 2 is 1.82 bits per heavy atom. The molecule has 3 rings (SSSR count). The highest BCUT2D eigenvalue weighted by atomic mass is 16.5. The highest BCUT2D eigenvalue weighted by molar-refractivity contribution is 6.11. The van der Waals surface area contributed by atoms with Crippen molar-refractivity contribution < 1.29 is 9.53 Å². The third-order valence-electron chi connectivity index (χ3n) is 4.65. The van der Waals surface area contributed by atoms with E-state index < -0.39 is 5.91 Å². The highest BCUT2D eigenvalue weighted by Crippen LogP contribution is 2.30. The number of benzene rings is 3. The van der Waals surface area contributed by atoms with Gasteiger partial charge in [0.1, 0.15) is 17.4 Å². The molecule has 0 aliphatic carbocycles. The second kappa shape index (κ2) is 8.41. The van der Waals surface area contributed by atoms with Crippen LogP contribution in [0.1, 0.15) is 23.6 Å². The van der Waals surface area contributed by atoms with Gasteiger partial charge in [-0.1, -0.05) is 36.4 Å². The van der Waals surface area contributed by atoms with E-state index in [2.05, 4.69) is 5.32 Å². The molecule has 0 saturated carbocycles. The number of nitriles is 1. The number of carbonyl (C=O) groups excluding carboxylic acids is 1. The fourth-order valence-electron chi connectivity index (χ4n) is 3.02. The number of hydrogen-bond donors (Lipinski definition) is 1. The van der Waals surface area contributed by atoms with Crippen LogP contribution in [0.3, 0.4) is 0 Å². The lowest BCUT2D eigenvalue weighted by Crippen LogP contribution is -2.13. The van der Waals surface area contributed by atoms with Gasteiger partial charge in [-0.15, -0.1) is 0 Å². The third kappa shape index (κ3) is 4.05. The van der Waals surface area contributed by atoms with E-state index >= 15 is 0 Å². The maximum absolute atomic E-state index is 12.6. The predicted octanol–water partition coefficient (Wildman–Crippen LogP) is 5.40. The summed E-state index contributed by atoms with van der Waals surface area (Å²) in [5.41, 5.74) is 3.75. The summed E-state index contributed by atoms with van der Waals surface area (Å²) in [6.07, 6.45) is 1.62. The lowest BCUT2D eigenvalue weighted by molar-refractivity contribution is -0.112. The molecule has 0 spiro atoms. The fourth-order valence-corrected chi connectivity index (χ4v) is 3.02. The Labute approximate surface area is 165 Å². The molecule has 3 aromatic carbocycles. The van der Waals surface area contributed by atoms with Crippen molar-refractivity contribution in [2.75, 3.05) is 11.9 Å².